The van der Waals surface area contributed by atoms with Crippen LogP contribution in [0.1, 0.15) is 59.8 Å². The molecule has 0 unspecified atom stereocenters. The number of nitrogens with two attached hydrogens (primary N) is 1. The summed E-state index contributed by atoms with van der Waals surface area (Å²) < 4.78 is 0. The van der Waals surface area contributed by atoms with E-state index in [1.54, 1.807) is 26.1 Å². The Hall–Kier alpha value is -3.82. The van der Waals surface area contributed by atoms with Gasteiger partial charge in [-0.3, -0.25) is 33.8 Å². The fraction of sp³-hybridized carbons (Fsp3) is 0.655. The van der Waals surface area contributed by atoms with Gasteiger partial charge < -0.3 is 41.8 Å². The first-order valence-corrected chi connectivity index (χ1v) is 14.4. The Morgan fingerprint density at radius 3 is 1.82 bits per heavy atom. The number of nitrogens with one attached hydrogen (secondary N) is 3. The van der Waals surface area contributed by atoms with Crippen LogP contribution < -0.4 is 21.7 Å². The molecule has 0 bridgehead atoms. The average molecular weight is 624 g/mol. The van der Waals surface area contributed by atoms with Gasteiger partial charge in [0.2, 0.25) is 23.6 Å². The highest BCUT2D eigenvalue weighted by Gasteiger charge is 2.33. The number of aliphatic hydroxyl groups is 3. The molecule has 0 spiro atoms. The van der Waals surface area contributed by atoms with Gasteiger partial charge in [-0.1, -0.05) is 26.8 Å². The quantitative estimate of drug-likeness (QED) is 0.0745. The van der Waals surface area contributed by atoms with Crippen LogP contribution in [0, 0.1) is 23.7 Å². The van der Waals surface area contributed by atoms with Crippen molar-refractivity contribution < 1.29 is 48.9 Å². The molecule has 1 heterocycles. The van der Waals surface area contributed by atoms with Crippen LogP contribution in [-0.4, -0.2) is 100 Å². The number of carbonyl (C=O) groups is 7. The summed E-state index contributed by atoms with van der Waals surface area (Å²) in [6.45, 7) is 3.93. The van der Waals surface area contributed by atoms with Crippen molar-refractivity contribution in [1.29, 1.82) is 0 Å². The van der Waals surface area contributed by atoms with Crippen molar-refractivity contribution in [3.05, 3.63) is 11.8 Å². The van der Waals surface area contributed by atoms with Gasteiger partial charge in [0.25, 0.3) is 0 Å². The van der Waals surface area contributed by atoms with Crippen molar-refractivity contribution in [3.63, 3.8) is 0 Å². The predicted molar refractivity (Wildman–Crippen MR) is 158 cm³/mol. The molecule has 0 aromatic heterocycles. The Morgan fingerprint density at radius 1 is 0.795 bits per heavy atom. The lowest BCUT2D eigenvalue weighted by Gasteiger charge is -2.26. The summed E-state index contributed by atoms with van der Waals surface area (Å²) in [7, 11) is 0. The third-order valence-corrected chi connectivity index (χ3v) is 7.11. The van der Waals surface area contributed by atoms with Crippen molar-refractivity contribution in [1.82, 2.24) is 16.0 Å². The van der Waals surface area contributed by atoms with E-state index in [9.17, 15) is 48.9 Å². The van der Waals surface area contributed by atoms with Crippen LogP contribution in [-0.2, 0) is 33.6 Å². The third-order valence-electron chi connectivity index (χ3n) is 7.11. The molecule has 246 valence electrons. The fourth-order valence-electron chi connectivity index (χ4n) is 4.44. The summed E-state index contributed by atoms with van der Waals surface area (Å²) >= 11 is 0. The molecule has 0 aromatic carbocycles. The zero-order valence-electron chi connectivity index (χ0n) is 25.6. The lowest BCUT2D eigenvalue weighted by Crippen LogP contribution is -2.51. The van der Waals surface area contributed by atoms with E-state index in [0.29, 0.717) is 12.1 Å². The number of aliphatic hydroxyl groups excluding tert-OH is 3. The molecule has 15 nitrogen and oxygen atoms in total. The number of Topliss-reactive ketones (excluding diaryl/α,β-unsaturated/α-hetero) is 3. The predicted octanol–water partition coefficient (Wildman–Crippen LogP) is -1.93. The first kappa shape index (κ1) is 38.2. The Morgan fingerprint density at radius 2 is 1.36 bits per heavy atom. The molecular weight excluding hydrogens is 578 g/mol. The number of primary amides is 1. The maximum atomic E-state index is 13.3. The van der Waals surface area contributed by atoms with Gasteiger partial charge in [0.1, 0.15) is 11.8 Å². The number of rotatable bonds is 21. The first-order chi connectivity index (χ1) is 20.6. The average Bonchev–Trinajstić information content (AvgIpc) is 3.47. The second-order valence-corrected chi connectivity index (χ2v) is 11.3. The second-order valence-electron chi connectivity index (χ2n) is 11.3. The molecule has 1 aliphatic heterocycles. The smallest absolute Gasteiger partial charge is 0.242 e. The summed E-state index contributed by atoms with van der Waals surface area (Å²) in [6, 6.07) is -3.58. The largest absolute Gasteiger partial charge is 0.396 e. The summed E-state index contributed by atoms with van der Waals surface area (Å²) in [5.74, 6) is -8.31. The topological polar surface area (TPSA) is 255 Å². The molecule has 1 aliphatic rings. The van der Waals surface area contributed by atoms with Crippen molar-refractivity contribution in [2.24, 2.45) is 34.4 Å². The summed E-state index contributed by atoms with van der Waals surface area (Å²) in [6.07, 6.45) is 2.99. The Labute approximate surface area is 256 Å². The van der Waals surface area contributed by atoms with Gasteiger partial charge in [0.15, 0.2) is 11.6 Å². The number of aliphatic imine (C=N–C) groups is 1. The molecule has 4 amide bonds. The number of amides is 4. The lowest BCUT2D eigenvalue weighted by atomic mass is 9.91. The summed E-state index contributed by atoms with van der Waals surface area (Å²) in [5, 5.41) is 35.8. The molecule has 8 N–H and O–H groups in total. The number of carbonyl (C=O) groups excluding carboxylic acids is 7. The maximum absolute atomic E-state index is 13.3. The third kappa shape index (κ3) is 12.4. The van der Waals surface area contributed by atoms with Crippen molar-refractivity contribution in [3.8, 4) is 0 Å². The zero-order valence-corrected chi connectivity index (χ0v) is 25.6. The van der Waals surface area contributed by atoms with Crippen LogP contribution in [0.25, 0.3) is 0 Å². The number of allylic oxidation sites excluding steroid dienone is 1. The molecule has 0 fully saturated rings. The zero-order chi connectivity index (χ0) is 33.6. The summed E-state index contributed by atoms with van der Waals surface area (Å²) in [5.41, 5.74) is 5.65. The van der Waals surface area contributed by atoms with Crippen LogP contribution in [0.2, 0.25) is 0 Å². The number of ketones is 3. The van der Waals surface area contributed by atoms with Gasteiger partial charge in [-0.05, 0) is 12.8 Å². The molecule has 15 heteroatoms. The fourth-order valence-corrected chi connectivity index (χ4v) is 4.44. The molecule has 0 aliphatic carbocycles. The number of nitrogens with zero attached hydrogens (tertiary/aromatic N) is 1. The summed E-state index contributed by atoms with van der Waals surface area (Å²) in [4.78, 5) is 91.7. The molecule has 44 heavy (non-hydrogen) atoms. The van der Waals surface area contributed by atoms with Crippen LogP contribution in [0.15, 0.2) is 16.8 Å². The van der Waals surface area contributed by atoms with Gasteiger partial charge in [-0.25, -0.2) is 0 Å². The van der Waals surface area contributed by atoms with E-state index in [2.05, 4.69) is 20.9 Å². The number of hydrogen-bond acceptors (Lipinski definition) is 11. The minimum absolute atomic E-state index is 0.0399. The van der Waals surface area contributed by atoms with Gasteiger partial charge in [-0.2, -0.15) is 0 Å². The second kappa shape index (κ2) is 18.8. The highest BCUT2D eigenvalue weighted by molar-refractivity contribution is 5.96. The van der Waals surface area contributed by atoms with Crippen LogP contribution in [0.3, 0.4) is 0 Å². The van der Waals surface area contributed by atoms with Gasteiger partial charge in [0, 0.05) is 49.9 Å². The van der Waals surface area contributed by atoms with E-state index in [0.717, 1.165) is 0 Å². The SMILES string of the molecule is CC(=O)C[C@@H](CO)C(=O)N[C@@H](CC1=CCC=N1)C(=O)C[C@@H](C)C(=O)N[C@H](C(=O)C[C@@H](CO)C(=O)N[C@@H](CO)C(N)=O)C(C)C. The standard InChI is InChI=1S/C29H45N5O10/c1-15(2)25(24(40)10-19(13-36)29(44)33-22(14-37)26(30)41)34-27(42)16(3)8-23(39)21(11-20-6-5-7-31-20)32-28(43)18(12-35)9-17(4)38/h6-7,15-16,18-19,21-22,25,35-37H,5,8-14H2,1-4H3,(H2,30,41)(H,32,43)(H,33,44)(H,34,42)/t16-,18+,19+,21+,22+,25+/m1/s1. The lowest BCUT2D eigenvalue weighted by molar-refractivity contribution is -0.136. The van der Waals surface area contributed by atoms with Crippen molar-refractivity contribution >= 4 is 47.2 Å². The minimum Gasteiger partial charge on any atom is -0.396 e. The molecule has 6 atom stereocenters. The maximum Gasteiger partial charge on any atom is 0.242 e. The molecule has 0 saturated carbocycles. The minimum atomic E-state index is -1.40. The molecule has 1 rings (SSSR count). The van der Waals surface area contributed by atoms with Crippen molar-refractivity contribution in [2.45, 2.75) is 77.9 Å². The van der Waals surface area contributed by atoms with E-state index in [-0.39, 0.29) is 25.0 Å². The van der Waals surface area contributed by atoms with Gasteiger partial charge in [-0.15, -0.1) is 0 Å². The van der Waals surface area contributed by atoms with E-state index in [4.69, 9.17) is 5.73 Å². The van der Waals surface area contributed by atoms with Gasteiger partial charge in [0.05, 0.1) is 43.7 Å². The van der Waals surface area contributed by atoms with Gasteiger partial charge >= 0.3 is 0 Å². The first-order valence-electron chi connectivity index (χ1n) is 14.4. The van der Waals surface area contributed by atoms with E-state index in [1.165, 1.54) is 13.8 Å². The number of hydrogen-bond donors (Lipinski definition) is 7. The van der Waals surface area contributed by atoms with Crippen molar-refractivity contribution in [2.75, 3.05) is 19.8 Å². The van der Waals surface area contributed by atoms with E-state index in [1.807, 2.05) is 0 Å². The highest BCUT2D eigenvalue weighted by Crippen LogP contribution is 2.18. The van der Waals surface area contributed by atoms with Crippen LogP contribution >= 0.6 is 0 Å². The Bertz CT molecular complexity index is 1140. The highest BCUT2D eigenvalue weighted by atomic mass is 16.3. The normalized spacial score (nSPS) is 16.6. The molecule has 0 aromatic rings. The molecular formula is C29H45N5O10. The monoisotopic (exact) mass is 623 g/mol. The van der Waals surface area contributed by atoms with E-state index < -0.39 is 103 Å². The van der Waals surface area contributed by atoms with Crippen LogP contribution in [0.4, 0.5) is 0 Å². The Balaban J connectivity index is 2.96. The molecule has 0 saturated heterocycles. The van der Waals surface area contributed by atoms with E-state index >= 15 is 0 Å². The Kier molecular flexibility index (Phi) is 16.3. The van der Waals surface area contributed by atoms with Crippen LogP contribution in [0.5, 0.6) is 0 Å². The molecule has 0 radical (unpaired) electrons.